The van der Waals surface area contributed by atoms with Crippen LogP contribution in [0.15, 0.2) is 24.3 Å². The first-order chi connectivity index (χ1) is 8.71. The van der Waals surface area contributed by atoms with Gasteiger partial charge >= 0.3 is 6.03 Å². The number of carbonyl (C=O) groups excluding carboxylic acids is 1. The molecule has 0 atom stereocenters. The highest BCUT2D eigenvalue weighted by Crippen LogP contribution is 2.15. The van der Waals surface area contributed by atoms with Crippen LogP contribution in [0.5, 0.6) is 5.75 Å². The summed E-state index contributed by atoms with van der Waals surface area (Å²) in [6.45, 7) is 6.27. The molecule has 0 bridgehead atoms. The molecule has 0 aromatic heterocycles. The van der Waals surface area contributed by atoms with Crippen LogP contribution in [0.25, 0.3) is 0 Å². The summed E-state index contributed by atoms with van der Waals surface area (Å²) in [7, 11) is 0. The molecule has 1 rings (SSSR count). The van der Waals surface area contributed by atoms with Crippen molar-refractivity contribution in [3.05, 3.63) is 24.3 Å². The first-order valence-electron chi connectivity index (χ1n) is 6.20. The van der Waals surface area contributed by atoms with Crippen LogP contribution >= 0.6 is 0 Å². The van der Waals surface area contributed by atoms with Crippen molar-refractivity contribution in [3.8, 4) is 5.75 Å². The fourth-order valence-electron chi connectivity index (χ4n) is 1.52. The smallest absolute Gasteiger partial charge is 0.321 e. The van der Waals surface area contributed by atoms with E-state index in [2.05, 4.69) is 5.32 Å². The normalized spacial score (nSPS) is 9.94. The third-order valence-corrected chi connectivity index (χ3v) is 2.54. The molecule has 0 unspecified atom stereocenters. The first kappa shape index (κ1) is 14.3. The van der Waals surface area contributed by atoms with Gasteiger partial charge in [0.15, 0.2) is 0 Å². The molecule has 0 aliphatic carbocycles. The van der Waals surface area contributed by atoms with E-state index in [0.29, 0.717) is 26.2 Å². The molecule has 0 radical (unpaired) electrons. The van der Waals surface area contributed by atoms with Gasteiger partial charge in [0.05, 0.1) is 0 Å². The summed E-state index contributed by atoms with van der Waals surface area (Å²) in [6.07, 6.45) is 0. The highest BCUT2D eigenvalue weighted by atomic mass is 16.5. The molecule has 0 heterocycles. The lowest BCUT2D eigenvalue weighted by molar-refractivity contribution is 0.217. The minimum atomic E-state index is -0.0874. The lowest BCUT2D eigenvalue weighted by Gasteiger charge is -2.19. The van der Waals surface area contributed by atoms with Crippen molar-refractivity contribution in [2.75, 3.05) is 31.6 Å². The molecule has 5 heteroatoms. The third-order valence-electron chi connectivity index (χ3n) is 2.54. The molecule has 0 spiro atoms. The number of rotatable bonds is 6. The Morgan fingerprint density at radius 3 is 2.39 bits per heavy atom. The van der Waals surface area contributed by atoms with Crippen molar-refractivity contribution in [2.24, 2.45) is 5.73 Å². The first-order valence-corrected chi connectivity index (χ1v) is 6.20. The fourth-order valence-corrected chi connectivity index (χ4v) is 1.52. The second-order valence-electron chi connectivity index (χ2n) is 3.76. The molecule has 0 saturated heterocycles. The second kappa shape index (κ2) is 7.55. The number of nitrogens with one attached hydrogen (secondary N) is 1. The highest BCUT2D eigenvalue weighted by molar-refractivity contribution is 5.89. The van der Waals surface area contributed by atoms with E-state index in [1.807, 2.05) is 38.1 Å². The lowest BCUT2D eigenvalue weighted by atomic mass is 10.3. The topological polar surface area (TPSA) is 67.6 Å². The predicted octanol–water partition coefficient (Wildman–Crippen LogP) is 1.90. The van der Waals surface area contributed by atoms with E-state index in [-0.39, 0.29) is 6.03 Å². The number of hydrogen-bond acceptors (Lipinski definition) is 3. The van der Waals surface area contributed by atoms with E-state index in [1.165, 1.54) is 0 Å². The van der Waals surface area contributed by atoms with Gasteiger partial charge < -0.3 is 20.7 Å². The maximum Gasteiger partial charge on any atom is 0.321 e. The molecular formula is C13H21N3O2. The molecule has 1 aromatic rings. The van der Waals surface area contributed by atoms with Crippen molar-refractivity contribution >= 4 is 11.7 Å². The summed E-state index contributed by atoms with van der Waals surface area (Å²) in [6, 6.07) is 7.16. The minimum absolute atomic E-state index is 0.0874. The monoisotopic (exact) mass is 251 g/mol. The number of amides is 2. The lowest BCUT2D eigenvalue weighted by Crippen LogP contribution is -2.34. The third kappa shape index (κ3) is 4.25. The van der Waals surface area contributed by atoms with Gasteiger partial charge in [-0.15, -0.1) is 0 Å². The standard InChI is InChI=1S/C13H21N3O2/c1-3-16(4-2)13(17)15-11-5-7-12(8-6-11)18-10-9-14/h5-8H,3-4,9-10,14H2,1-2H3,(H,15,17). The van der Waals surface area contributed by atoms with E-state index >= 15 is 0 Å². The Morgan fingerprint density at radius 1 is 1.28 bits per heavy atom. The molecule has 18 heavy (non-hydrogen) atoms. The van der Waals surface area contributed by atoms with Crippen LogP contribution in [0.4, 0.5) is 10.5 Å². The van der Waals surface area contributed by atoms with Crippen molar-refractivity contribution in [3.63, 3.8) is 0 Å². The van der Waals surface area contributed by atoms with Crippen LogP contribution < -0.4 is 15.8 Å². The highest BCUT2D eigenvalue weighted by Gasteiger charge is 2.08. The van der Waals surface area contributed by atoms with Gasteiger partial charge in [-0.25, -0.2) is 4.79 Å². The van der Waals surface area contributed by atoms with Gasteiger partial charge in [-0.05, 0) is 38.1 Å². The van der Waals surface area contributed by atoms with Crippen molar-refractivity contribution in [1.82, 2.24) is 4.90 Å². The Kier molecular flexibility index (Phi) is 6.00. The molecule has 100 valence electrons. The van der Waals surface area contributed by atoms with Gasteiger partial charge in [0, 0.05) is 25.3 Å². The Bertz CT molecular complexity index is 361. The van der Waals surface area contributed by atoms with Crippen LogP contribution in [0, 0.1) is 0 Å². The minimum Gasteiger partial charge on any atom is -0.492 e. The summed E-state index contributed by atoms with van der Waals surface area (Å²) < 4.78 is 5.36. The average molecular weight is 251 g/mol. The number of ether oxygens (including phenoxy) is 1. The maximum atomic E-state index is 11.8. The molecule has 0 fully saturated rings. The molecule has 0 aliphatic rings. The summed E-state index contributed by atoms with van der Waals surface area (Å²) in [5, 5.41) is 2.83. The molecule has 3 N–H and O–H groups in total. The van der Waals surface area contributed by atoms with Crippen molar-refractivity contribution in [2.45, 2.75) is 13.8 Å². The Balaban J connectivity index is 2.55. The van der Waals surface area contributed by atoms with E-state index in [0.717, 1.165) is 11.4 Å². The van der Waals surface area contributed by atoms with E-state index < -0.39 is 0 Å². The zero-order valence-electron chi connectivity index (χ0n) is 11.0. The predicted molar refractivity (Wildman–Crippen MR) is 72.9 cm³/mol. The zero-order valence-corrected chi connectivity index (χ0v) is 11.0. The Labute approximate surface area is 108 Å². The Hall–Kier alpha value is -1.75. The van der Waals surface area contributed by atoms with Gasteiger partial charge in [-0.1, -0.05) is 0 Å². The molecule has 0 saturated carbocycles. The SMILES string of the molecule is CCN(CC)C(=O)Nc1ccc(OCCN)cc1. The number of hydrogen-bond donors (Lipinski definition) is 2. The van der Waals surface area contributed by atoms with E-state index in [4.69, 9.17) is 10.5 Å². The summed E-state index contributed by atoms with van der Waals surface area (Å²) >= 11 is 0. The average Bonchev–Trinajstić information content (AvgIpc) is 2.39. The Morgan fingerprint density at radius 2 is 1.89 bits per heavy atom. The fraction of sp³-hybridized carbons (Fsp3) is 0.462. The molecule has 2 amide bonds. The molecule has 1 aromatic carbocycles. The van der Waals surface area contributed by atoms with Gasteiger partial charge in [-0.2, -0.15) is 0 Å². The molecular weight excluding hydrogens is 230 g/mol. The van der Waals surface area contributed by atoms with Crippen molar-refractivity contribution < 1.29 is 9.53 Å². The van der Waals surface area contributed by atoms with Crippen LogP contribution in [-0.4, -0.2) is 37.2 Å². The van der Waals surface area contributed by atoms with E-state index in [1.54, 1.807) is 4.90 Å². The number of anilines is 1. The van der Waals surface area contributed by atoms with Gasteiger partial charge in [0.1, 0.15) is 12.4 Å². The second-order valence-corrected chi connectivity index (χ2v) is 3.76. The van der Waals surface area contributed by atoms with Gasteiger partial charge in [0.2, 0.25) is 0 Å². The van der Waals surface area contributed by atoms with Crippen LogP contribution in [0.1, 0.15) is 13.8 Å². The number of nitrogens with two attached hydrogens (primary N) is 1. The van der Waals surface area contributed by atoms with Gasteiger partial charge in [-0.3, -0.25) is 0 Å². The number of benzene rings is 1. The molecule has 5 nitrogen and oxygen atoms in total. The number of nitrogens with zero attached hydrogens (tertiary/aromatic N) is 1. The number of carbonyl (C=O) groups is 1. The van der Waals surface area contributed by atoms with Crippen LogP contribution in [0.3, 0.4) is 0 Å². The zero-order chi connectivity index (χ0) is 13.4. The van der Waals surface area contributed by atoms with Crippen LogP contribution in [-0.2, 0) is 0 Å². The number of urea groups is 1. The summed E-state index contributed by atoms with van der Waals surface area (Å²) in [4.78, 5) is 13.5. The summed E-state index contributed by atoms with van der Waals surface area (Å²) in [5.74, 6) is 0.751. The van der Waals surface area contributed by atoms with Crippen molar-refractivity contribution in [1.29, 1.82) is 0 Å². The van der Waals surface area contributed by atoms with Crippen LogP contribution in [0.2, 0.25) is 0 Å². The maximum absolute atomic E-state index is 11.8. The largest absolute Gasteiger partial charge is 0.492 e. The summed E-state index contributed by atoms with van der Waals surface area (Å²) in [5.41, 5.74) is 6.11. The molecule has 0 aliphatic heterocycles. The van der Waals surface area contributed by atoms with Gasteiger partial charge in [0.25, 0.3) is 0 Å². The quantitative estimate of drug-likeness (QED) is 0.811. The van der Waals surface area contributed by atoms with E-state index in [9.17, 15) is 4.79 Å².